The van der Waals surface area contributed by atoms with Gasteiger partial charge in [-0.1, -0.05) is 11.6 Å². The lowest BCUT2D eigenvalue weighted by molar-refractivity contribution is -0.255. The Morgan fingerprint density at radius 2 is 1.70 bits per heavy atom. The molecule has 0 N–H and O–H groups in total. The molecule has 1 aromatic heterocycles. The van der Waals surface area contributed by atoms with E-state index < -0.39 is 23.8 Å². The average molecular weight is 388 g/mol. The molecule has 0 aliphatic carbocycles. The minimum absolute atomic E-state index is 0.0294. The zero-order valence-corrected chi connectivity index (χ0v) is 14.9. The molecule has 1 fully saturated rings. The molecule has 1 aliphatic heterocycles. The van der Waals surface area contributed by atoms with Crippen molar-refractivity contribution in [3.63, 3.8) is 0 Å². The summed E-state index contributed by atoms with van der Waals surface area (Å²) in [5.41, 5.74) is 0.00543. The fourth-order valence-corrected chi connectivity index (χ4v) is 2.73. The highest BCUT2D eigenvalue weighted by molar-refractivity contribution is 6.33. The number of hydrogen-bond acceptors (Lipinski definition) is 6. The number of urea groups is 1. The number of benzene rings is 1. The summed E-state index contributed by atoms with van der Waals surface area (Å²) in [6.07, 6.45) is 1.23. The van der Waals surface area contributed by atoms with E-state index in [1.807, 2.05) is 0 Å². The van der Waals surface area contributed by atoms with Crippen molar-refractivity contribution >= 4 is 41.5 Å². The number of imide groups is 2. The van der Waals surface area contributed by atoms with Crippen molar-refractivity contribution < 1.29 is 28.7 Å². The summed E-state index contributed by atoms with van der Waals surface area (Å²) in [6.45, 7) is 0. The van der Waals surface area contributed by atoms with Crippen LogP contribution in [0.4, 0.5) is 4.79 Å². The Bertz CT molecular complexity index is 997. The third-order valence-electron chi connectivity index (χ3n) is 4.03. The van der Waals surface area contributed by atoms with E-state index in [-0.39, 0.29) is 21.9 Å². The van der Waals surface area contributed by atoms with Gasteiger partial charge in [0.15, 0.2) is 0 Å². The molecule has 1 aliphatic rings. The van der Waals surface area contributed by atoms with E-state index in [9.17, 15) is 24.3 Å². The van der Waals surface area contributed by atoms with Crippen molar-refractivity contribution in [3.8, 4) is 11.3 Å². The Kier molecular flexibility index (Phi) is 4.59. The van der Waals surface area contributed by atoms with Crippen molar-refractivity contribution in [2.24, 2.45) is 0 Å². The van der Waals surface area contributed by atoms with Crippen molar-refractivity contribution in [1.29, 1.82) is 0 Å². The molecule has 4 amide bonds. The molecule has 138 valence electrons. The number of carbonyl (C=O) groups is 4. The zero-order chi connectivity index (χ0) is 19.9. The summed E-state index contributed by atoms with van der Waals surface area (Å²) >= 11 is 5.81. The minimum Gasteiger partial charge on any atom is -0.545 e. The largest absolute Gasteiger partial charge is 0.545 e. The van der Waals surface area contributed by atoms with Crippen LogP contribution in [-0.2, 0) is 9.59 Å². The molecule has 2 heterocycles. The number of aromatic carboxylic acids is 1. The molecule has 0 bridgehead atoms. The first-order valence-electron chi connectivity index (χ1n) is 7.63. The van der Waals surface area contributed by atoms with Crippen molar-refractivity contribution in [2.45, 2.75) is 0 Å². The second-order valence-electron chi connectivity index (χ2n) is 5.75. The number of amides is 4. The van der Waals surface area contributed by atoms with Crippen molar-refractivity contribution in [2.75, 3.05) is 14.1 Å². The summed E-state index contributed by atoms with van der Waals surface area (Å²) < 4.78 is 5.58. The summed E-state index contributed by atoms with van der Waals surface area (Å²) in [5.74, 6) is -2.43. The molecule has 9 heteroatoms. The number of carbonyl (C=O) groups excluding carboxylic acids is 4. The van der Waals surface area contributed by atoms with Crippen LogP contribution in [0.5, 0.6) is 0 Å². The second kappa shape index (κ2) is 6.73. The summed E-state index contributed by atoms with van der Waals surface area (Å²) in [4.78, 5) is 48.9. The molecule has 1 aromatic carbocycles. The lowest BCUT2D eigenvalue weighted by Gasteiger charge is -2.28. The number of rotatable bonds is 3. The van der Waals surface area contributed by atoms with Gasteiger partial charge < -0.3 is 14.3 Å². The van der Waals surface area contributed by atoms with E-state index in [0.717, 1.165) is 9.80 Å². The molecule has 0 spiro atoms. The smallest absolute Gasteiger partial charge is 0.333 e. The highest BCUT2D eigenvalue weighted by atomic mass is 35.5. The van der Waals surface area contributed by atoms with Crippen LogP contribution in [0, 0.1) is 0 Å². The fraction of sp³-hybridized carbons (Fsp3) is 0.111. The van der Waals surface area contributed by atoms with Crippen LogP contribution in [-0.4, -0.2) is 47.7 Å². The van der Waals surface area contributed by atoms with Gasteiger partial charge in [0, 0.05) is 30.2 Å². The Morgan fingerprint density at radius 3 is 2.30 bits per heavy atom. The first kappa shape index (κ1) is 18.4. The van der Waals surface area contributed by atoms with Crippen molar-refractivity contribution in [1.82, 2.24) is 9.80 Å². The lowest BCUT2D eigenvalue weighted by Crippen LogP contribution is -2.52. The predicted molar refractivity (Wildman–Crippen MR) is 92.4 cm³/mol. The summed E-state index contributed by atoms with van der Waals surface area (Å²) in [7, 11) is 2.54. The molecule has 0 saturated carbocycles. The predicted octanol–water partition coefficient (Wildman–Crippen LogP) is 1.40. The van der Waals surface area contributed by atoms with Gasteiger partial charge in [-0.2, -0.15) is 0 Å². The highest BCUT2D eigenvalue weighted by Crippen LogP contribution is 2.28. The molecule has 0 atom stereocenters. The van der Waals surface area contributed by atoms with Gasteiger partial charge >= 0.3 is 6.03 Å². The number of halogens is 1. The topological polar surface area (TPSA) is 111 Å². The van der Waals surface area contributed by atoms with Gasteiger partial charge in [-0.05, 0) is 36.4 Å². The molecule has 27 heavy (non-hydrogen) atoms. The Hall–Kier alpha value is -3.39. The average Bonchev–Trinajstić information content (AvgIpc) is 3.11. The number of barbiturate groups is 1. The Balaban J connectivity index is 1.97. The quantitative estimate of drug-likeness (QED) is 0.581. The molecule has 1 saturated heterocycles. The number of nitrogens with zero attached hydrogens (tertiary/aromatic N) is 2. The van der Waals surface area contributed by atoms with Gasteiger partial charge in [0.2, 0.25) is 0 Å². The van der Waals surface area contributed by atoms with E-state index in [0.29, 0.717) is 11.3 Å². The molecule has 2 aromatic rings. The van der Waals surface area contributed by atoms with Crippen LogP contribution in [0.2, 0.25) is 5.02 Å². The van der Waals surface area contributed by atoms with Crippen LogP contribution < -0.4 is 5.11 Å². The van der Waals surface area contributed by atoms with Gasteiger partial charge in [0.1, 0.15) is 17.1 Å². The second-order valence-corrected chi connectivity index (χ2v) is 6.16. The van der Waals surface area contributed by atoms with Crippen LogP contribution in [0.3, 0.4) is 0 Å². The van der Waals surface area contributed by atoms with Crippen LogP contribution >= 0.6 is 11.6 Å². The molecule has 3 rings (SSSR count). The number of hydrogen-bond donors (Lipinski definition) is 0. The number of furan rings is 1. The van der Waals surface area contributed by atoms with Crippen LogP contribution in [0.25, 0.3) is 17.4 Å². The third-order valence-corrected chi connectivity index (χ3v) is 4.36. The van der Waals surface area contributed by atoms with E-state index in [1.165, 1.54) is 38.4 Å². The lowest BCUT2D eigenvalue weighted by atomic mass is 10.1. The van der Waals surface area contributed by atoms with Gasteiger partial charge in [-0.15, -0.1) is 0 Å². The molecular weight excluding hydrogens is 376 g/mol. The first-order valence-corrected chi connectivity index (χ1v) is 8.01. The highest BCUT2D eigenvalue weighted by Gasteiger charge is 2.38. The van der Waals surface area contributed by atoms with Gasteiger partial charge in [0.05, 0.1) is 5.97 Å². The summed E-state index contributed by atoms with van der Waals surface area (Å²) in [5, 5.41) is 11.1. The number of carboxylic acid groups (broad SMARTS) is 1. The molecule has 8 nitrogen and oxygen atoms in total. The zero-order valence-electron chi connectivity index (χ0n) is 14.2. The Morgan fingerprint density at radius 1 is 1.07 bits per heavy atom. The fourth-order valence-electron chi connectivity index (χ4n) is 2.54. The van der Waals surface area contributed by atoms with Gasteiger partial charge in [-0.25, -0.2) is 4.79 Å². The maximum absolute atomic E-state index is 12.2. The van der Waals surface area contributed by atoms with Crippen LogP contribution in [0.15, 0.2) is 40.3 Å². The van der Waals surface area contributed by atoms with Gasteiger partial charge in [-0.3, -0.25) is 19.4 Å². The molecule has 0 unspecified atom stereocenters. The third kappa shape index (κ3) is 3.22. The normalized spacial score (nSPS) is 14.8. The maximum atomic E-state index is 12.2. The van der Waals surface area contributed by atoms with E-state index in [4.69, 9.17) is 16.0 Å². The molecule has 0 radical (unpaired) electrons. The van der Waals surface area contributed by atoms with E-state index in [2.05, 4.69) is 0 Å². The number of likely N-dealkylation sites (N-methyl/N-ethyl adjacent to an activating group) is 2. The molecular formula is C18H12ClN2O6-. The monoisotopic (exact) mass is 387 g/mol. The standard InChI is InChI=1S/C18H13ClN2O6/c1-20-15(22)12(16(23)21(2)18(20)26)8-10-4-6-14(27-10)9-3-5-13(19)11(7-9)17(24)25/h3-8H,1-2H3,(H,24,25)/p-1. The Labute approximate surface area is 158 Å². The summed E-state index contributed by atoms with van der Waals surface area (Å²) in [6, 6.07) is 6.58. The first-order chi connectivity index (χ1) is 12.7. The van der Waals surface area contributed by atoms with Gasteiger partial charge in [0.25, 0.3) is 11.8 Å². The van der Waals surface area contributed by atoms with E-state index in [1.54, 1.807) is 12.1 Å². The van der Waals surface area contributed by atoms with Crippen molar-refractivity contribution in [3.05, 3.63) is 52.3 Å². The number of carboxylic acids is 1. The minimum atomic E-state index is -1.43. The maximum Gasteiger partial charge on any atom is 0.333 e. The van der Waals surface area contributed by atoms with E-state index >= 15 is 0 Å². The van der Waals surface area contributed by atoms with Crippen LogP contribution in [0.1, 0.15) is 16.1 Å². The SMILES string of the molecule is CN1C(=O)C(=Cc2ccc(-c3ccc(Cl)c(C(=O)[O-])c3)o2)C(=O)N(C)C1=O.